The van der Waals surface area contributed by atoms with Gasteiger partial charge in [0.15, 0.2) is 25.2 Å². The Morgan fingerprint density at radius 1 is 0.274 bits per heavy atom. The number of carbonyl (C=O) groups excluding carboxylic acids is 1. The maximum absolute atomic E-state index is 10.7. The number of thioether (sulfide) groups is 1. The van der Waals surface area contributed by atoms with Gasteiger partial charge in [-0.2, -0.15) is 11.8 Å². The predicted molar refractivity (Wildman–Crippen MR) is 614 cm³/mol. The van der Waals surface area contributed by atoms with Crippen LogP contribution in [0.15, 0.2) is 279 Å². The maximum atomic E-state index is 10.7. The minimum atomic E-state index is -0.277. The highest BCUT2D eigenvalue weighted by atomic mass is 32.2. The molecule has 0 saturated heterocycles. The first-order valence-electron chi connectivity index (χ1n) is 55.0. The van der Waals surface area contributed by atoms with Crippen LogP contribution in [0.4, 0.5) is 0 Å². The number of benzene rings is 11. The molecule has 13 unspecified atom stereocenters. The molecule has 0 amide bonds. The largest absolute Gasteiger partial charge is 0.508 e. The van der Waals surface area contributed by atoms with Gasteiger partial charge >= 0.3 is 5.97 Å². The first kappa shape index (κ1) is 126. The van der Waals surface area contributed by atoms with Gasteiger partial charge in [-0.3, -0.25) is 4.79 Å². The lowest BCUT2D eigenvalue weighted by Gasteiger charge is -2.22. The molecule has 2 fully saturated rings. The molecule has 14 nitrogen and oxygen atoms in total. The summed E-state index contributed by atoms with van der Waals surface area (Å²) in [7, 11) is 0. The Kier molecular flexibility index (Phi) is 64.2. The Morgan fingerprint density at radius 2 is 0.507 bits per heavy atom. The van der Waals surface area contributed by atoms with E-state index in [-0.39, 0.29) is 31.1 Å². The third-order valence-electron chi connectivity index (χ3n) is 27.9. The molecular formula is C131H186O14S. The number of carbonyl (C=O) groups is 1. The SMILES string of the molecule is CCC(C)c1ccc(O)cc1.CCC(C)c1ccc(O)cc1.CCC(C)c1ccc(O)cc1.CCC(C)c1ccc(O)cc1.CCC(C)c1ccc(OC(C)=O)cc1.CCC(C)c1ccc(OC(C)OCCC2CCCCC2)cc1.CCC(C)c1ccc(OC(C)OCCSC2CCCCC2)cc1.CCC(C)c1ccc(OC(C)OCCc2ccccc2)cc1.CCC(C)c1ccc(OC(C)OCc2ccccc2)cc1. The molecule has 11 aromatic rings. The normalized spacial score (nSPS) is 14.8. The van der Waals surface area contributed by atoms with E-state index in [1.54, 1.807) is 48.5 Å². The molecule has 2 aliphatic rings. The lowest BCUT2D eigenvalue weighted by atomic mass is 9.87. The van der Waals surface area contributed by atoms with E-state index in [2.05, 4.69) is 221 Å². The minimum Gasteiger partial charge on any atom is -0.508 e. The highest BCUT2D eigenvalue weighted by molar-refractivity contribution is 7.99. The quantitative estimate of drug-likeness (QED) is 0.0123. The summed E-state index contributed by atoms with van der Waals surface area (Å²) in [6, 6.07) is 91.4. The number of hydrogen-bond donors (Lipinski definition) is 4. The van der Waals surface area contributed by atoms with E-state index in [4.69, 9.17) is 63.1 Å². The number of phenolic OH excluding ortho intramolecular Hbond substituents is 4. The van der Waals surface area contributed by atoms with E-state index in [9.17, 15) is 4.79 Å². The molecule has 2 aliphatic carbocycles. The molecule has 800 valence electrons. The lowest BCUT2D eigenvalue weighted by Crippen LogP contribution is -2.19. The summed E-state index contributed by atoms with van der Waals surface area (Å²) in [6.07, 6.45) is 25.6. The van der Waals surface area contributed by atoms with Crippen LogP contribution in [0.5, 0.6) is 51.7 Å². The van der Waals surface area contributed by atoms with Crippen LogP contribution >= 0.6 is 11.8 Å². The van der Waals surface area contributed by atoms with E-state index in [0.29, 0.717) is 95.2 Å². The molecule has 13 rings (SSSR count). The second kappa shape index (κ2) is 74.4. The maximum Gasteiger partial charge on any atom is 0.308 e. The second-order valence-corrected chi connectivity index (χ2v) is 40.8. The van der Waals surface area contributed by atoms with Crippen LogP contribution in [-0.4, -0.2) is 82.4 Å². The summed E-state index contributed by atoms with van der Waals surface area (Å²) < 4.78 is 51.3. The van der Waals surface area contributed by atoms with Crippen molar-refractivity contribution < 1.29 is 67.9 Å². The molecule has 146 heavy (non-hydrogen) atoms. The third kappa shape index (κ3) is 53.4. The summed E-state index contributed by atoms with van der Waals surface area (Å²) in [6.45, 7) is 51.6. The van der Waals surface area contributed by atoms with Crippen molar-refractivity contribution in [2.24, 2.45) is 5.92 Å². The molecule has 11 aromatic carbocycles. The smallest absolute Gasteiger partial charge is 0.308 e. The van der Waals surface area contributed by atoms with Gasteiger partial charge in [-0.1, -0.05) is 346 Å². The first-order valence-corrected chi connectivity index (χ1v) is 56.0. The molecule has 0 heterocycles. The van der Waals surface area contributed by atoms with Gasteiger partial charge < -0.3 is 63.1 Å². The number of ether oxygens (including phenoxy) is 9. The van der Waals surface area contributed by atoms with E-state index in [1.165, 1.54) is 146 Å². The van der Waals surface area contributed by atoms with Crippen LogP contribution in [-0.2, 0) is 36.8 Å². The number of hydrogen-bond acceptors (Lipinski definition) is 15. The lowest BCUT2D eigenvalue weighted by molar-refractivity contribution is -0.131. The zero-order chi connectivity index (χ0) is 107. The molecule has 15 heteroatoms. The third-order valence-corrected chi connectivity index (χ3v) is 29.3. The molecule has 0 aromatic heterocycles. The van der Waals surface area contributed by atoms with Crippen LogP contribution in [0.2, 0.25) is 0 Å². The Balaban J connectivity index is 0.000000294. The average molecular weight is 2020 g/mol. The fourth-order valence-electron chi connectivity index (χ4n) is 16.1. The number of aromatic hydroxyl groups is 4. The molecule has 13 atom stereocenters. The molecule has 0 radical (unpaired) electrons. The van der Waals surface area contributed by atoms with Gasteiger partial charge in [-0.25, -0.2) is 0 Å². The molecule has 2 saturated carbocycles. The highest BCUT2D eigenvalue weighted by Gasteiger charge is 2.19. The van der Waals surface area contributed by atoms with Crippen LogP contribution in [0.1, 0.15) is 402 Å². The second-order valence-electron chi connectivity index (χ2n) is 39.4. The highest BCUT2D eigenvalue weighted by Crippen LogP contribution is 2.34. The van der Waals surface area contributed by atoms with Gasteiger partial charge in [0, 0.05) is 17.9 Å². The van der Waals surface area contributed by atoms with Gasteiger partial charge in [0.05, 0.1) is 26.4 Å². The van der Waals surface area contributed by atoms with E-state index >= 15 is 0 Å². The van der Waals surface area contributed by atoms with E-state index in [0.717, 1.165) is 110 Å². The fourth-order valence-corrected chi connectivity index (χ4v) is 17.3. The number of esters is 1. The molecular weight excluding hydrogens is 1830 g/mol. The summed E-state index contributed by atoms with van der Waals surface area (Å²) in [4.78, 5) is 10.7. The molecule has 4 N–H and O–H groups in total. The summed E-state index contributed by atoms with van der Waals surface area (Å²) in [5.74, 6) is 12.5. The molecule has 0 bridgehead atoms. The molecule has 0 spiro atoms. The predicted octanol–water partition coefficient (Wildman–Crippen LogP) is 37.0. The van der Waals surface area contributed by atoms with E-state index < -0.39 is 0 Å². The van der Waals surface area contributed by atoms with Gasteiger partial charge in [0.25, 0.3) is 0 Å². The van der Waals surface area contributed by atoms with Crippen molar-refractivity contribution in [3.05, 3.63) is 340 Å². The van der Waals surface area contributed by atoms with Gasteiger partial charge in [-0.15, -0.1) is 0 Å². The van der Waals surface area contributed by atoms with Crippen LogP contribution < -0.4 is 23.7 Å². The van der Waals surface area contributed by atoms with Crippen molar-refractivity contribution in [1.82, 2.24) is 0 Å². The Hall–Kier alpha value is -10.5. The van der Waals surface area contributed by atoms with E-state index in [1.807, 2.05) is 173 Å². The van der Waals surface area contributed by atoms with Crippen molar-refractivity contribution in [3.63, 3.8) is 0 Å². The zero-order valence-corrected chi connectivity index (χ0v) is 94.2. The van der Waals surface area contributed by atoms with Crippen molar-refractivity contribution in [2.75, 3.05) is 25.6 Å². The Morgan fingerprint density at radius 3 is 0.774 bits per heavy atom. The fraction of sp³-hybridized carbons (Fsp3) is 0.489. The summed E-state index contributed by atoms with van der Waals surface area (Å²) >= 11 is 2.07. The van der Waals surface area contributed by atoms with Crippen molar-refractivity contribution >= 4 is 17.7 Å². The van der Waals surface area contributed by atoms with Crippen LogP contribution in [0.3, 0.4) is 0 Å². The van der Waals surface area contributed by atoms with Crippen molar-refractivity contribution in [2.45, 2.75) is 384 Å². The average Bonchev–Trinajstić information content (AvgIpc) is 0.886. The minimum absolute atomic E-state index is 0.168. The van der Waals surface area contributed by atoms with Gasteiger partial charge in [-0.05, 0) is 341 Å². The monoisotopic (exact) mass is 2020 g/mol. The topological polar surface area (TPSA) is 181 Å². The Labute approximate surface area is 887 Å². The van der Waals surface area contributed by atoms with Gasteiger partial charge in [0.1, 0.15) is 51.7 Å². The standard InChI is InChI=1S/C20H32O2S.C20H32O2.C20H26O2.C19H24O2.C12H16O2.4C10H14O/c1-4-16(2)18-10-12-19(13-11-18)22-17(3)21-14-15-23-20-8-6-5-7-9-20;2*1-4-16(2)19-10-12-20(13-11-19)22-17(3)21-15-14-18-8-6-5-7-9-18;1-4-15(2)18-10-12-19(13-11-18)21-16(3)20-14-17-8-6-5-7-9-17;1-4-9(2)11-5-7-12(8-6-11)14-10(3)13;4*1-3-8(2)9-4-6-10(11)7-5-9/h10-13,16-17,20H,4-9,14-15H2,1-3H3;10-13,16-18H,4-9,14-15H2,1-3H3;5-13,16-17H,4,14-15H2,1-3H3;5-13,15-16H,4,14H2,1-3H3;5-9H,4H2,1-3H3;4*4-8,11H,3H2,1-2H3. The first-order chi connectivity index (χ1) is 70.3. The summed E-state index contributed by atoms with van der Waals surface area (Å²) in [5.41, 5.74) is 14.4. The number of phenols is 4. The number of rotatable bonds is 43. The Bertz CT molecular complexity index is 4830. The summed E-state index contributed by atoms with van der Waals surface area (Å²) in [5, 5.41) is 36.9. The van der Waals surface area contributed by atoms with Gasteiger partial charge in [0.2, 0.25) is 0 Å². The van der Waals surface area contributed by atoms with Crippen molar-refractivity contribution in [3.8, 4) is 51.7 Å². The van der Waals surface area contributed by atoms with Crippen LogP contribution in [0, 0.1) is 5.92 Å². The van der Waals surface area contributed by atoms with Crippen molar-refractivity contribution in [1.29, 1.82) is 0 Å². The zero-order valence-electron chi connectivity index (χ0n) is 93.4. The molecule has 0 aliphatic heterocycles. The van der Waals surface area contributed by atoms with Crippen LogP contribution in [0.25, 0.3) is 0 Å².